The lowest BCUT2D eigenvalue weighted by Gasteiger charge is -2.25. The number of benzene rings is 2. The van der Waals surface area contributed by atoms with Gasteiger partial charge in [0.1, 0.15) is 5.75 Å². The zero-order valence-electron chi connectivity index (χ0n) is 13.5. The van der Waals surface area contributed by atoms with Gasteiger partial charge < -0.3 is 20.7 Å². The average Bonchev–Trinajstić information content (AvgIpc) is 2.61. The van der Waals surface area contributed by atoms with Gasteiger partial charge in [0.25, 0.3) is 11.8 Å². The topological polar surface area (TPSA) is 96.5 Å². The zero-order valence-corrected chi connectivity index (χ0v) is 13.5. The quantitative estimate of drug-likeness (QED) is 0.791. The second kappa shape index (κ2) is 7.04. The summed E-state index contributed by atoms with van der Waals surface area (Å²) >= 11 is 0. The summed E-state index contributed by atoms with van der Waals surface area (Å²) in [6.45, 7) is 0. The molecule has 128 valence electrons. The van der Waals surface area contributed by atoms with Crippen LogP contribution in [0.3, 0.4) is 0 Å². The minimum Gasteiger partial charge on any atom is -0.478 e. The fourth-order valence-electron chi connectivity index (χ4n) is 2.49. The van der Waals surface area contributed by atoms with E-state index in [1.807, 2.05) is 0 Å². The Morgan fingerprint density at radius 3 is 2.76 bits per heavy atom. The Balaban J connectivity index is 1.65. The minimum atomic E-state index is -0.906. The lowest BCUT2D eigenvalue weighted by Crippen LogP contribution is -2.39. The van der Waals surface area contributed by atoms with Crippen LogP contribution in [0.4, 0.5) is 11.4 Å². The fourth-order valence-corrected chi connectivity index (χ4v) is 2.49. The van der Waals surface area contributed by atoms with Crippen molar-refractivity contribution in [3.63, 3.8) is 0 Å². The molecule has 0 spiro atoms. The van der Waals surface area contributed by atoms with Crippen LogP contribution in [0.25, 0.3) is 0 Å². The highest BCUT2D eigenvalue weighted by atomic mass is 16.5. The van der Waals surface area contributed by atoms with Gasteiger partial charge in [-0.1, -0.05) is 18.2 Å². The standard InChI is InChI=1S/C18H17N3O4/c1-19-17(23)11-5-4-6-12(9-11)20-16(22)10-15-18(24)21-13-7-2-3-8-14(13)25-15/h2-9,15H,10H2,1H3,(H,19,23)(H,20,22)(H,21,24). The van der Waals surface area contributed by atoms with Crippen LogP contribution in [0.5, 0.6) is 5.75 Å². The maximum Gasteiger partial charge on any atom is 0.266 e. The molecule has 1 atom stereocenters. The third kappa shape index (κ3) is 3.77. The predicted molar refractivity (Wildman–Crippen MR) is 92.6 cm³/mol. The van der Waals surface area contributed by atoms with Crippen LogP contribution in [0.1, 0.15) is 16.8 Å². The molecule has 3 amide bonds. The number of ether oxygens (including phenoxy) is 1. The van der Waals surface area contributed by atoms with Crippen LogP contribution in [-0.2, 0) is 9.59 Å². The van der Waals surface area contributed by atoms with Gasteiger partial charge in [-0.2, -0.15) is 0 Å². The van der Waals surface area contributed by atoms with Crippen molar-refractivity contribution >= 4 is 29.1 Å². The van der Waals surface area contributed by atoms with E-state index in [9.17, 15) is 14.4 Å². The van der Waals surface area contributed by atoms with Gasteiger partial charge in [-0.25, -0.2) is 0 Å². The van der Waals surface area contributed by atoms with Crippen molar-refractivity contribution in [2.75, 3.05) is 17.7 Å². The molecule has 1 aliphatic rings. The number of hydrogen-bond donors (Lipinski definition) is 3. The lowest BCUT2D eigenvalue weighted by atomic mass is 10.1. The number of carbonyl (C=O) groups excluding carboxylic acids is 3. The van der Waals surface area contributed by atoms with Crippen LogP contribution in [-0.4, -0.2) is 30.9 Å². The molecule has 3 N–H and O–H groups in total. The summed E-state index contributed by atoms with van der Waals surface area (Å²) < 4.78 is 5.59. The van der Waals surface area contributed by atoms with Crippen LogP contribution >= 0.6 is 0 Å². The second-order valence-electron chi connectivity index (χ2n) is 5.50. The van der Waals surface area contributed by atoms with Gasteiger partial charge in [0.2, 0.25) is 5.91 Å². The van der Waals surface area contributed by atoms with E-state index < -0.39 is 6.10 Å². The van der Waals surface area contributed by atoms with Gasteiger partial charge in [-0.05, 0) is 30.3 Å². The van der Waals surface area contributed by atoms with E-state index in [2.05, 4.69) is 16.0 Å². The first-order valence-corrected chi connectivity index (χ1v) is 7.75. The van der Waals surface area contributed by atoms with Crippen molar-refractivity contribution in [2.45, 2.75) is 12.5 Å². The first-order valence-electron chi connectivity index (χ1n) is 7.75. The molecule has 2 aromatic carbocycles. The van der Waals surface area contributed by atoms with Crippen molar-refractivity contribution in [3.8, 4) is 5.75 Å². The summed E-state index contributed by atoms with van der Waals surface area (Å²) in [5.41, 5.74) is 1.49. The molecule has 0 saturated carbocycles. The molecule has 0 aromatic heterocycles. The van der Waals surface area contributed by atoms with Crippen molar-refractivity contribution in [1.82, 2.24) is 5.32 Å². The van der Waals surface area contributed by atoms with Crippen LogP contribution < -0.4 is 20.7 Å². The molecule has 0 radical (unpaired) electrons. The van der Waals surface area contributed by atoms with Crippen LogP contribution in [0.15, 0.2) is 48.5 Å². The molecule has 0 fully saturated rings. The highest BCUT2D eigenvalue weighted by Crippen LogP contribution is 2.29. The molecule has 0 aliphatic carbocycles. The van der Waals surface area contributed by atoms with Crippen LogP contribution in [0, 0.1) is 0 Å². The highest BCUT2D eigenvalue weighted by Gasteiger charge is 2.29. The summed E-state index contributed by atoms with van der Waals surface area (Å²) in [7, 11) is 1.53. The first-order chi connectivity index (χ1) is 12.1. The number of amides is 3. The minimum absolute atomic E-state index is 0.135. The van der Waals surface area contributed by atoms with Crippen molar-refractivity contribution in [2.24, 2.45) is 0 Å². The molecule has 0 bridgehead atoms. The van der Waals surface area contributed by atoms with E-state index in [1.54, 1.807) is 48.5 Å². The molecule has 7 heteroatoms. The zero-order chi connectivity index (χ0) is 17.8. The number of hydrogen-bond acceptors (Lipinski definition) is 4. The second-order valence-corrected chi connectivity index (χ2v) is 5.50. The monoisotopic (exact) mass is 339 g/mol. The molecule has 1 heterocycles. The fraction of sp³-hybridized carbons (Fsp3) is 0.167. The van der Waals surface area contributed by atoms with E-state index in [0.717, 1.165) is 0 Å². The summed E-state index contributed by atoms with van der Waals surface area (Å²) in [5.74, 6) is -0.467. The van der Waals surface area contributed by atoms with Gasteiger partial charge in [0.15, 0.2) is 6.10 Å². The van der Waals surface area contributed by atoms with Gasteiger partial charge >= 0.3 is 0 Å². The SMILES string of the molecule is CNC(=O)c1cccc(NC(=O)CC2Oc3ccccc3NC2=O)c1. The number of rotatable bonds is 4. The Kier molecular flexibility index (Phi) is 4.65. The Morgan fingerprint density at radius 2 is 1.96 bits per heavy atom. The van der Waals surface area contributed by atoms with Gasteiger partial charge in [0.05, 0.1) is 12.1 Å². The van der Waals surface area contributed by atoms with E-state index in [0.29, 0.717) is 22.7 Å². The largest absolute Gasteiger partial charge is 0.478 e. The number of carbonyl (C=O) groups is 3. The Hall–Kier alpha value is -3.35. The summed E-state index contributed by atoms with van der Waals surface area (Å²) in [6.07, 6.45) is -1.04. The van der Waals surface area contributed by atoms with Gasteiger partial charge in [0, 0.05) is 18.3 Å². The molecule has 3 rings (SSSR count). The van der Waals surface area contributed by atoms with Gasteiger partial charge in [-0.3, -0.25) is 14.4 Å². The van der Waals surface area contributed by atoms with Gasteiger partial charge in [-0.15, -0.1) is 0 Å². The van der Waals surface area contributed by atoms with E-state index in [1.165, 1.54) is 7.05 Å². The Bertz CT molecular complexity index is 835. The van der Waals surface area contributed by atoms with Crippen molar-refractivity contribution in [3.05, 3.63) is 54.1 Å². The number of para-hydroxylation sites is 2. The number of nitrogens with one attached hydrogen (secondary N) is 3. The average molecular weight is 339 g/mol. The highest BCUT2D eigenvalue weighted by molar-refractivity contribution is 6.02. The summed E-state index contributed by atoms with van der Waals surface area (Å²) in [4.78, 5) is 35.9. The van der Waals surface area contributed by atoms with Crippen molar-refractivity contribution in [1.29, 1.82) is 0 Å². The lowest BCUT2D eigenvalue weighted by molar-refractivity contribution is -0.128. The maximum absolute atomic E-state index is 12.2. The smallest absolute Gasteiger partial charge is 0.266 e. The normalized spacial score (nSPS) is 15.4. The molecule has 2 aromatic rings. The Morgan fingerprint density at radius 1 is 1.16 bits per heavy atom. The predicted octanol–water partition coefficient (Wildman–Crippen LogP) is 1.77. The first kappa shape index (κ1) is 16.5. The van der Waals surface area contributed by atoms with E-state index in [4.69, 9.17) is 4.74 Å². The number of anilines is 2. The van der Waals surface area contributed by atoms with E-state index >= 15 is 0 Å². The molecular weight excluding hydrogens is 322 g/mol. The van der Waals surface area contributed by atoms with Crippen molar-refractivity contribution < 1.29 is 19.1 Å². The molecule has 1 aliphatic heterocycles. The van der Waals surface area contributed by atoms with Crippen LogP contribution in [0.2, 0.25) is 0 Å². The molecule has 1 unspecified atom stereocenters. The molecule has 0 saturated heterocycles. The maximum atomic E-state index is 12.2. The third-order valence-corrected chi connectivity index (χ3v) is 3.71. The summed E-state index contributed by atoms with van der Waals surface area (Å²) in [6, 6.07) is 13.6. The van der Waals surface area contributed by atoms with E-state index in [-0.39, 0.29) is 24.1 Å². The number of fused-ring (bicyclic) bond motifs is 1. The molecule has 7 nitrogen and oxygen atoms in total. The third-order valence-electron chi connectivity index (χ3n) is 3.71. The Labute approximate surface area is 144 Å². The summed E-state index contributed by atoms with van der Waals surface area (Å²) in [5, 5.41) is 7.91. The molecular formula is C18H17N3O4. The molecule has 25 heavy (non-hydrogen) atoms.